The van der Waals surface area contributed by atoms with E-state index in [9.17, 15) is 18.3 Å². The van der Waals surface area contributed by atoms with Gasteiger partial charge in [0.05, 0.1) is 5.56 Å². The summed E-state index contributed by atoms with van der Waals surface area (Å²) >= 11 is 0. The summed E-state index contributed by atoms with van der Waals surface area (Å²) in [6, 6.07) is 4.41. The van der Waals surface area contributed by atoms with Crippen LogP contribution in [0.5, 0.6) is 5.75 Å². The smallest absolute Gasteiger partial charge is 0.416 e. The summed E-state index contributed by atoms with van der Waals surface area (Å²) in [6.07, 6.45) is -3.40. The van der Waals surface area contributed by atoms with Gasteiger partial charge < -0.3 is 15.2 Å². The van der Waals surface area contributed by atoms with Crippen LogP contribution < -0.4 is 10.1 Å². The van der Waals surface area contributed by atoms with E-state index in [1.54, 1.807) is 6.92 Å². The van der Waals surface area contributed by atoms with Crippen LogP contribution in [0.4, 0.5) is 13.2 Å². The number of ether oxygens (including phenoxy) is 1. The molecule has 1 atom stereocenters. The lowest BCUT2D eigenvalue weighted by Gasteiger charge is -2.24. The Labute approximate surface area is 116 Å². The molecule has 3 nitrogen and oxygen atoms in total. The highest BCUT2D eigenvalue weighted by Crippen LogP contribution is 2.30. The number of nitrogens with one attached hydrogen (secondary N) is 1. The summed E-state index contributed by atoms with van der Waals surface area (Å²) in [5.74, 6) is 0.300. The summed E-state index contributed by atoms with van der Waals surface area (Å²) in [6.45, 7) is 4.78. The van der Waals surface area contributed by atoms with Crippen LogP contribution in [0.3, 0.4) is 0 Å². The number of alkyl halides is 3. The van der Waals surface area contributed by atoms with E-state index < -0.39 is 17.3 Å². The first-order valence-corrected chi connectivity index (χ1v) is 6.48. The fourth-order valence-corrected chi connectivity index (χ4v) is 1.56. The normalized spacial score (nSPS) is 14.9. The number of aliphatic hydroxyl groups is 1. The maximum atomic E-state index is 12.4. The molecule has 0 saturated carbocycles. The molecule has 0 spiro atoms. The quantitative estimate of drug-likeness (QED) is 0.759. The van der Waals surface area contributed by atoms with Crippen LogP contribution >= 0.6 is 0 Å². The van der Waals surface area contributed by atoms with Crippen molar-refractivity contribution in [3.8, 4) is 5.75 Å². The molecule has 1 rings (SSSR count). The highest BCUT2D eigenvalue weighted by atomic mass is 19.4. The van der Waals surface area contributed by atoms with Crippen LogP contribution in [0.15, 0.2) is 24.3 Å². The van der Waals surface area contributed by atoms with Crippen molar-refractivity contribution in [3.05, 3.63) is 29.8 Å². The van der Waals surface area contributed by atoms with E-state index in [4.69, 9.17) is 4.74 Å². The highest BCUT2D eigenvalue weighted by Gasteiger charge is 2.30. The second kappa shape index (κ2) is 6.95. The van der Waals surface area contributed by atoms with Crippen molar-refractivity contribution >= 4 is 0 Å². The minimum atomic E-state index is -4.35. The molecule has 0 aliphatic rings. The molecule has 0 saturated heterocycles. The topological polar surface area (TPSA) is 41.5 Å². The number of benzene rings is 1. The van der Waals surface area contributed by atoms with Crippen molar-refractivity contribution in [2.75, 3.05) is 19.7 Å². The van der Waals surface area contributed by atoms with Gasteiger partial charge in [-0.1, -0.05) is 6.92 Å². The second-order valence-corrected chi connectivity index (χ2v) is 4.98. The first kappa shape index (κ1) is 16.8. The molecule has 0 bridgehead atoms. The average molecular weight is 291 g/mol. The molecular formula is C14H20F3NO2. The minimum absolute atomic E-state index is 0.00901. The average Bonchev–Trinajstić information content (AvgIpc) is 2.36. The van der Waals surface area contributed by atoms with Gasteiger partial charge in [-0.2, -0.15) is 13.2 Å². The maximum Gasteiger partial charge on any atom is 0.416 e. The predicted molar refractivity (Wildman–Crippen MR) is 70.7 cm³/mol. The van der Waals surface area contributed by atoms with Gasteiger partial charge in [0.2, 0.25) is 0 Å². The first-order chi connectivity index (χ1) is 9.24. The molecule has 6 heteroatoms. The third kappa shape index (κ3) is 5.79. The number of hydrogen-bond donors (Lipinski definition) is 2. The van der Waals surface area contributed by atoms with Gasteiger partial charge in [-0.3, -0.25) is 0 Å². The van der Waals surface area contributed by atoms with Crippen LogP contribution in [0, 0.1) is 0 Å². The van der Waals surface area contributed by atoms with E-state index in [1.807, 2.05) is 6.92 Å². The zero-order valence-corrected chi connectivity index (χ0v) is 11.6. The maximum absolute atomic E-state index is 12.4. The number of halogens is 3. The molecule has 0 aliphatic carbocycles. The molecule has 1 unspecified atom stereocenters. The SMILES string of the molecule is CCCNCC(C)(O)COc1ccc(C(F)(F)F)cc1. The van der Waals surface area contributed by atoms with Gasteiger partial charge in [0.25, 0.3) is 0 Å². The third-order valence-electron chi connectivity index (χ3n) is 2.66. The second-order valence-electron chi connectivity index (χ2n) is 4.98. The van der Waals surface area contributed by atoms with Crippen molar-refractivity contribution in [2.45, 2.75) is 32.0 Å². The van der Waals surface area contributed by atoms with E-state index in [0.717, 1.165) is 25.1 Å². The number of rotatable bonds is 7. The molecule has 0 fully saturated rings. The standard InChI is InChI=1S/C14H20F3NO2/c1-3-8-18-9-13(2,19)10-20-12-6-4-11(5-7-12)14(15,16)17/h4-7,18-19H,3,8-10H2,1-2H3. The molecule has 2 N–H and O–H groups in total. The molecule has 0 radical (unpaired) electrons. The van der Waals surface area contributed by atoms with Crippen LogP contribution in [0.2, 0.25) is 0 Å². The van der Waals surface area contributed by atoms with Crippen molar-refractivity contribution < 1.29 is 23.0 Å². The molecule has 1 aromatic rings. The fraction of sp³-hybridized carbons (Fsp3) is 0.571. The van der Waals surface area contributed by atoms with E-state index in [1.165, 1.54) is 12.1 Å². The van der Waals surface area contributed by atoms with Crippen LogP contribution in [-0.2, 0) is 6.18 Å². The van der Waals surface area contributed by atoms with Gasteiger partial charge in [0, 0.05) is 6.54 Å². The molecule has 0 aromatic heterocycles. The van der Waals surface area contributed by atoms with Crippen molar-refractivity contribution in [1.29, 1.82) is 0 Å². The van der Waals surface area contributed by atoms with Crippen molar-refractivity contribution in [2.24, 2.45) is 0 Å². The van der Waals surface area contributed by atoms with Crippen molar-refractivity contribution in [1.82, 2.24) is 5.32 Å². The lowest BCUT2D eigenvalue weighted by atomic mass is 10.1. The monoisotopic (exact) mass is 291 g/mol. The van der Waals surface area contributed by atoms with Crippen LogP contribution in [0.1, 0.15) is 25.8 Å². The van der Waals surface area contributed by atoms with Gasteiger partial charge in [0.1, 0.15) is 18.0 Å². The Kier molecular flexibility index (Phi) is 5.83. The van der Waals surface area contributed by atoms with Gasteiger partial charge in [-0.25, -0.2) is 0 Å². The number of hydrogen-bond acceptors (Lipinski definition) is 3. The molecule has 0 amide bonds. The van der Waals surface area contributed by atoms with Crippen molar-refractivity contribution in [3.63, 3.8) is 0 Å². The highest BCUT2D eigenvalue weighted by molar-refractivity contribution is 5.28. The minimum Gasteiger partial charge on any atom is -0.491 e. The van der Waals surface area contributed by atoms with E-state index in [0.29, 0.717) is 12.3 Å². The van der Waals surface area contributed by atoms with E-state index >= 15 is 0 Å². The zero-order valence-electron chi connectivity index (χ0n) is 11.6. The molecular weight excluding hydrogens is 271 g/mol. The molecule has 114 valence electrons. The lowest BCUT2D eigenvalue weighted by Crippen LogP contribution is -2.43. The van der Waals surface area contributed by atoms with Gasteiger partial charge in [-0.15, -0.1) is 0 Å². The largest absolute Gasteiger partial charge is 0.491 e. The fourth-order valence-electron chi connectivity index (χ4n) is 1.56. The summed E-state index contributed by atoms with van der Waals surface area (Å²) in [7, 11) is 0. The Balaban J connectivity index is 2.49. The third-order valence-corrected chi connectivity index (χ3v) is 2.66. The summed E-state index contributed by atoms with van der Waals surface area (Å²) < 4.78 is 42.4. The summed E-state index contributed by atoms with van der Waals surface area (Å²) in [5.41, 5.74) is -1.79. The molecule has 0 aliphatic heterocycles. The summed E-state index contributed by atoms with van der Waals surface area (Å²) in [5, 5.41) is 13.1. The Morgan fingerprint density at radius 3 is 2.30 bits per heavy atom. The van der Waals surface area contributed by atoms with E-state index in [-0.39, 0.29) is 6.61 Å². The molecule has 20 heavy (non-hydrogen) atoms. The Morgan fingerprint density at radius 2 is 1.80 bits per heavy atom. The Morgan fingerprint density at radius 1 is 1.20 bits per heavy atom. The predicted octanol–water partition coefficient (Wildman–Crippen LogP) is 2.83. The van der Waals surface area contributed by atoms with Crippen LogP contribution in [-0.4, -0.2) is 30.4 Å². The zero-order chi connectivity index (χ0) is 15.2. The van der Waals surface area contributed by atoms with Gasteiger partial charge in [-0.05, 0) is 44.2 Å². The Hall–Kier alpha value is -1.27. The molecule has 1 aromatic carbocycles. The Bertz CT molecular complexity index is 402. The van der Waals surface area contributed by atoms with Gasteiger partial charge >= 0.3 is 6.18 Å². The molecule has 0 heterocycles. The lowest BCUT2D eigenvalue weighted by molar-refractivity contribution is -0.137. The summed E-state index contributed by atoms with van der Waals surface area (Å²) in [4.78, 5) is 0. The first-order valence-electron chi connectivity index (χ1n) is 6.48. The van der Waals surface area contributed by atoms with Gasteiger partial charge in [0.15, 0.2) is 0 Å². The van der Waals surface area contributed by atoms with Crippen LogP contribution in [0.25, 0.3) is 0 Å². The van der Waals surface area contributed by atoms with E-state index in [2.05, 4.69) is 5.32 Å².